The summed E-state index contributed by atoms with van der Waals surface area (Å²) < 4.78 is 24.5. The maximum absolute atomic E-state index is 12.8. The lowest BCUT2D eigenvalue weighted by atomic mass is 9.70. The fourth-order valence-electron chi connectivity index (χ4n) is 11.1. The number of benzene rings is 4. The van der Waals surface area contributed by atoms with Crippen LogP contribution >= 0.6 is 23.2 Å². The summed E-state index contributed by atoms with van der Waals surface area (Å²) in [6.07, 6.45) is 16.9. The lowest BCUT2D eigenvalue weighted by molar-refractivity contribution is -0.157. The Morgan fingerprint density at radius 3 is 1.40 bits per heavy atom. The average Bonchev–Trinajstić information content (AvgIpc) is 3.58. The molecule has 0 saturated heterocycles. The van der Waals surface area contributed by atoms with E-state index in [-0.39, 0.29) is 34.6 Å². The minimum atomic E-state index is -0.513. The standard InChI is InChI=1S/2C31H40ClNO3/c2*1-6-7-8-9-17-33-20-31(16-10-11-24-18-25(32)13-14-26(24)31)21-35-28-15-12-23(19-27(28)33)22(2)29(34)36-30(3,4)5/h2*6,12-15,18-19,22H,1,7-11,16-17,20-21H2,2-5H3/t22-,31+;22-,31-/m10/s1. The Bertz CT molecular complexity index is 2390. The van der Waals surface area contributed by atoms with Gasteiger partial charge in [-0.3, -0.25) is 9.59 Å². The van der Waals surface area contributed by atoms with E-state index in [9.17, 15) is 9.59 Å². The molecule has 4 aliphatic rings. The lowest BCUT2D eigenvalue weighted by Gasteiger charge is -2.41. The Labute approximate surface area is 441 Å². The van der Waals surface area contributed by atoms with Crippen molar-refractivity contribution in [3.8, 4) is 11.5 Å². The van der Waals surface area contributed by atoms with E-state index in [1.54, 1.807) is 0 Å². The smallest absolute Gasteiger partial charge is 0.313 e. The Morgan fingerprint density at radius 1 is 0.625 bits per heavy atom. The van der Waals surface area contributed by atoms with Crippen molar-refractivity contribution >= 4 is 46.5 Å². The number of aryl methyl sites for hydroxylation is 2. The minimum Gasteiger partial charge on any atom is -0.490 e. The van der Waals surface area contributed by atoms with Gasteiger partial charge in [0.05, 0.1) is 36.4 Å². The van der Waals surface area contributed by atoms with Crippen molar-refractivity contribution in [3.63, 3.8) is 0 Å². The van der Waals surface area contributed by atoms with Crippen LogP contribution in [0.15, 0.2) is 98.1 Å². The quantitative estimate of drug-likeness (QED) is 0.0702. The predicted molar refractivity (Wildman–Crippen MR) is 297 cm³/mol. The fourth-order valence-corrected chi connectivity index (χ4v) is 11.5. The highest BCUT2D eigenvalue weighted by Crippen LogP contribution is 2.47. The third-order valence-corrected chi connectivity index (χ3v) is 15.3. The summed E-state index contributed by atoms with van der Waals surface area (Å²) in [4.78, 5) is 30.7. The summed E-state index contributed by atoms with van der Waals surface area (Å²) in [6.45, 7) is 27.9. The Morgan fingerprint density at radius 2 is 1.03 bits per heavy atom. The van der Waals surface area contributed by atoms with Gasteiger partial charge in [-0.25, -0.2) is 0 Å². The van der Waals surface area contributed by atoms with Gasteiger partial charge < -0.3 is 28.7 Å². The number of anilines is 2. The highest BCUT2D eigenvalue weighted by atomic mass is 35.5. The van der Waals surface area contributed by atoms with Crippen molar-refractivity contribution in [3.05, 3.63) is 142 Å². The maximum atomic E-state index is 12.8. The Kier molecular flexibility index (Phi) is 17.9. The van der Waals surface area contributed by atoms with Crippen LogP contribution in [-0.2, 0) is 42.7 Å². The number of fused-ring (bicyclic) bond motifs is 6. The van der Waals surface area contributed by atoms with E-state index in [2.05, 4.69) is 59.4 Å². The van der Waals surface area contributed by atoms with Crippen LogP contribution in [0.5, 0.6) is 11.5 Å². The van der Waals surface area contributed by atoms with Crippen LogP contribution < -0.4 is 19.3 Å². The minimum absolute atomic E-state index is 0.0907. The van der Waals surface area contributed by atoms with E-state index in [1.807, 2.05) is 104 Å². The number of hydrogen-bond acceptors (Lipinski definition) is 8. The molecule has 0 unspecified atom stereocenters. The number of esters is 2. The second kappa shape index (κ2) is 23.5. The van der Waals surface area contributed by atoms with Gasteiger partial charge in [0, 0.05) is 47.1 Å². The van der Waals surface area contributed by atoms with Gasteiger partial charge in [0.15, 0.2) is 0 Å². The maximum Gasteiger partial charge on any atom is 0.313 e. The fraction of sp³-hybridized carbons (Fsp3) is 0.516. The second-order valence-corrected chi connectivity index (χ2v) is 23.7. The molecule has 0 bridgehead atoms. The van der Waals surface area contributed by atoms with E-state index in [0.29, 0.717) is 13.2 Å². The first-order valence-corrected chi connectivity index (χ1v) is 27.3. The molecular formula is C62H80Cl2N2O6. The number of allylic oxidation sites excluding steroid dienone is 2. The molecule has 4 aromatic rings. The van der Waals surface area contributed by atoms with Crippen molar-refractivity contribution in [1.82, 2.24) is 0 Å². The molecular weight excluding hydrogens is 940 g/mol. The molecule has 72 heavy (non-hydrogen) atoms. The van der Waals surface area contributed by atoms with Crippen LogP contribution in [0.4, 0.5) is 11.4 Å². The predicted octanol–water partition coefficient (Wildman–Crippen LogP) is 15.2. The summed E-state index contributed by atoms with van der Waals surface area (Å²) in [5.41, 5.74) is 8.25. The third kappa shape index (κ3) is 13.4. The van der Waals surface area contributed by atoms with Gasteiger partial charge in [0.25, 0.3) is 0 Å². The first-order valence-electron chi connectivity index (χ1n) is 26.5. The number of hydrogen-bond donors (Lipinski definition) is 0. The number of ether oxygens (including phenoxy) is 4. The summed E-state index contributed by atoms with van der Waals surface area (Å²) in [5.74, 6) is 0.653. The first kappa shape index (κ1) is 54.8. The number of halogens is 2. The van der Waals surface area contributed by atoms with Crippen molar-refractivity contribution in [2.24, 2.45) is 0 Å². The Hall–Kier alpha value is -4.92. The summed E-state index contributed by atoms with van der Waals surface area (Å²) in [6, 6.07) is 25.1. The zero-order chi connectivity index (χ0) is 51.8. The molecule has 2 aliphatic carbocycles. The molecule has 2 heterocycles. The number of carbonyl (C=O) groups is 2. The zero-order valence-electron chi connectivity index (χ0n) is 44.5. The molecule has 8 rings (SSSR count). The monoisotopic (exact) mass is 1020 g/mol. The first-order chi connectivity index (χ1) is 34.2. The summed E-state index contributed by atoms with van der Waals surface area (Å²) in [5, 5.41) is 1.59. The molecule has 0 aromatic heterocycles. The van der Waals surface area contributed by atoms with Gasteiger partial charge >= 0.3 is 11.9 Å². The van der Waals surface area contributed by atoms with Gasteiger partial charge in [-0.2, -0.15) is 0 Å². The summed E-state index contributed by atoms with van der Waals surface area (Å²) >= 11 is 12.7. The molecule has 0 radical (unpaired) electrons. The number of nitrogens with zero attached hydrogens (tertiary/aromatic N) is 2. The average molecular weight is 1020 g/mol. The van der Waals surface area contributed by atoms with E-state index in [4.69, 9.17) is 42.1 Å². The molecule has 4 aromatic carbocycles. The van der Waals surface area contributed by atoms with Crippen LogP contribution in [-0.4, -0.2) is 62.5 Å². The van der Waals surface area contributed by atoms with Crippen molar-refractivity contribution in [2.75, 3.05) is 49.2 Å². The van der Waals surface area contributed by atoms with Gasteiger partial charge in [-0.1, -0.05) is 59.6 Å². The van der Waals surface area contributed by atoms with Gasteiger partial charge in [-0.05, 0) is 214 Å². The van der Waals surface area contributed by atoms with E-state index in [1.165, 1.54) is 22.3 Å². The molecule has 0 fully saturated rings. The van der Waals surface area contributed by atoms with Crippen molar-refractivity contribution in [1.29, 1.82) is 0 Å². The third-order valence-electron chi connectivity index (χ3n) is 14.8. The highest BCUT2D eigenvalue weighted by Gasteiger charge is 2.43. The molecule has 0 amide bonds. The van der Waals surface area contributed by atoms with Crippen LogP contribution in [0.2, 0.25) is 10.0 Å². The molecule has 2 aliphatic heterocycles. The number of unbranched alkanes of at least 4 members (excludes halogenated alkanes) is 4. The van der Waals surface area contributed by atoms with E-state index < -0.39 is 11.2 Å². The van der Waals surface area contributed by atoms with Gasteiger partial charge in [0.1, 0.15) is 22.7 Å². The van der Waals surface area contributed by atoms with E-state index >= 15 is 0 Å². The molecule has 4 atom stereocenters. The Balaban J connectivity index is 0.000000211. The highest BCUT2D eigenvalue weighted by molar-refractivity contribution is 6.31. The number of carbonyl (C=O) groups excluding carboxylic acids is 2. The van der Waals surface area contributed by atoms with Gasteiger partial charge in [0.2, 0.25) is 0 Å². The van der Waals surface area contributed by atoms with E-state index in [0.717, 1.165) is 147 Å². The van der Waals surface area contributed by atoms with Gasteiger partial charge in [-0.15, -0.1) is 13.2 Å². The van der Waals surface area contributed by atoms with Crippen LogP contribution in [0.1, 0.15) is 165 Å². The van der Waals surface area contributed by atoms with Crippen LogP contribution in [0, 0.1) is 0 Å². The normalized spacial score (nSPS) is 20.1. The molecule has 388 valence electrons. The summed E-state index contributed by atoms with van der Waals surface area (Å²) in [7, 11) is 0. The number of rotatable bonds is 14. The molecule has 2 spiro atoms. The lowest BCUT2D eigenvalue weighted by Crippen LogP contribution is -2.46. The zero-order valence-corrected chi connectivity index (χ0v) is 46.0. The second-order valence-electron chi connectivity index (χ2n) is 22.8. The molecule has 0 saturated carbocycles. The topological polar surface area (TPSA) is 77.5 Å². The van der Waals surface area contributed by atoms with Crippen molar-refractivity contribution in [2.45, 2.75) is 166 Å². The SMILES string of the molecule is C=CCCCCN1C[C@@]2(CCCc3cc(Cl)ccc32)COc2ccc([C@@H](C)C(=O)OC(C)(C)C)cc21.C=CCCCCN1C[C@@]2(CCCc3cc(Cl)ccc32)COc2ccc([C@H](C)C(=O)OC(C)(C)C)cc21. The molecule has 10 heteroatoms. The van der Waals surface area contributed by atoms with Crippen molar-refractivity contribution < 1.29 is 28.5 Å². The van der Waals surface area contributed by atoms with Crippen LogP contribution in [0.25, 0.3) is 0 Å². The van der Waals surface area contributed by atoms with Crippen LogP contribution in [0.3, 0.4) is 0 Å². The largest absolute Gasteiger partial charge is 0.490 e. The molecule has 8 nitrogen and oxygen atoms in total. The molecule has 0 N–H and O–H groups in total.